The Morgan fingerprint density at radius 2 is 1.15 bits per heavy atom. The van der Waals surface area contributed by atoms with Gasteiger partial charge in [0.2, 0.25) is 0 Å². The van der Waals surface area contributed by atoms with Crippen molar-refractivity contribution in [2.75, 3.05) is 0 Å². The molecule has 3 aromatic rings. The second-order valence-electron chi connectivity index (χ2n) is 6.59. The molecule has 0 saturated heterocycles. The van der Waals surface area contributed by atoms with Gasteiger partial charge in [0.05, 0.1) is 6.61 Å². The van der Waals surface area contributed by atoms with E-state index >= 15 is 0 Å². The molecule has 0 fully saturated rings. The zero-order chi connectivity index (χ0) is 18.4. The van der Waals surface area contributed by atoms with Gasteiger partial charge in [0.15, 0.2) is 0 Å². The molecule has 0 heterocycles. The first-order chi connectivity index (χ1) is 12.6. The number of benzene rings is 3. The molecule has 0 atom stereocenters. The highest BCUT2D eigenvalue weighted by Gasteiger charge is 1.95. The lowest BCUT2D eigenvalue weighted by molar-refractivity contribution is 0.282. The van der Waals surface area contributed by atoms with E-state index in [0.717, 1.165) is 11.1 Å². The summed E-state index contributed by atoms with van der Waals surface area (Å²) in [6.07, 6.45) is 8.52. The van der Waals surface area contributed by atoms with Gasteiger partial charge in [-0.05, 0) is 47.2 Å². The third kappa shape index (κ3) is 4.81. The van der Waals surface area contributed by atoms with E-state index < -0.39 is 0 Å². The smallest absolute Gasteiger partial charge is 0.0681 e. The molecule has 1 heteroatoms. The van der Waals surface area contributed by atoms with E-state index in [1.165, 1.54) is 27.8 Å². The molecule has 26 heavy (non-hydrogen) atoms. The maximum Gasteiger partial charge on any atom is 0.0681 e. The molecule has 0 radical (unpaired) electrons. The molecule has 0 saturated carbocycles. The van der Waals surface area contributed by atoms with E-state index in [4.69, 9.17) is 5.11 Å². The van der Waals surface area contributed by atoms with Crippen LogP contribution in [-0.4, -0.2) is 5.11 Å². The molecule has 0 amide bonds. The molecule has 0 spiro atoms. The highest BCUT2D eigenvalue weighted by atomic mass is 16.3. The van der Waals surface area contributed by atoms with Crippen LogP contribution in [0.15, 0.2) is 66.7 Å². The summed E-state index contributed by atoms with van der Waals surface area (Å²) < 4.78 is 0. The summed E-state index contributed by atoms with van der Waals surface area (Å²) in [5.41, 5.74) is 8.25. The molecule has 1 N–H and O–H groups in total. The van der Waals surface area contributed by atoms with Crippen LogP contribution in [-0.2, 0) is 6.61 Å². The summed E-state index contributed by atoms with van der Waals surface area (Å²) in [5.74, 6) is 0. The van der Waals surface area contributed by atoms with Crippen molar-refractivity contribution in [1.29, 1.82) is 0 Å². The average Bonchev–Trinajstić information content (AvgIpc) is 2.68. The van der Waals surface area contributed by atoms with Crippen molar-refractivity contribution in [1.82, 2.24) is 0 Å². The van der Waals surface area contributed by atoms with E-state index in [0.29, 0.717) is 0 Å². The maximum absolute atomic E-state index is 9.08. The van der Waals surface area contributed by atoms with Gasteiger partial charge < -0.3 is 5.11 Å². The summed E-state index contributed by atoms with van der Waals surface area (Å²) in [7, 11) is 0. The molecular weight excluding hydrogens is 316 g/mol. The Labute approximate surface area is 156 Å². The SMILES string of the molecule is Cc1ccc(C)c(/C=C/c2ccc(/C=C/c3ccc(CO)cc3)cc2)c1. The summed E-state index contributed by atoms with van der Waals surface area (Å²) in [6, 6.07) is 23.0. The molecule has 0 aromatic heterocycles. The average molecular weight is 340 g/mol. The Morgan fingerprint density at radius 3 is 1.69 bits per heavy atom. The molecule has 1 nitrogen and oxygen atoms in total. The van der Waals surface area contributed by atoms with Gasteiger partial charge in [0.1, 0.15) is 0 Å². The number of aliphatic hydroxyl groups excluding tert-OH is 1. The predicted molar refractivity (Wildman–Crippen MR) is 113 cm³/mol. The van der Waals surface area contributed by atoms with E-state index in [-0.39, 0.29) is 6.61 Å². The lowest BCUT2D eigenvalue weighted by Crippen LogP contribution is -1.82. The second kappa shape index (κ2) is 8.46. The molecule has 0 bridgehead atoms. The largest absolute Gasteiger partial charge is 0.392 e. The van der Waals surface area contributed by atoms with Crippen LogP contribution in [0.1, 0.15) is 38.9 Å². The fourth-order valence-electron chi connectivity index (χ4n) is 2.77. The number of hydrogen-bond donors (Lipinski definition) is 1. The van der Waals surface area contributed by atoms with Gasteiger partial charge >= 0.3 is 0 Å². The van der Waals surface area contributed by atoms with Crippen LogP contribution in [0.5, 0.6) is 0 Å². The lowest BCUT2D eigenvalue weighted by atomic mass is 10.0. The predicted octanol–water partition coefficient (Wildman–Crippen LogP) is 6.14. The van der Waals surface area contributed by atoms with E-state index in [2.05, 4.69) is 80.6 Å². The zero-order valence-corrected chi connectivity index (χ0v) is 15.3. The molecule has 130 valence electrons. The Kier molecular flexibility index (Phi) is 5.83. The Bertz CT molecular complexity index is 913. The minimum atomic E-state index is 0.0844. The van der Waals surface area contributed by atoms with Crippen molar-refractivity contribution in [3.63, 3.8) is 0 Å². The van der Waals surface area contributed by atoms with Gasteiger partial charge in [-0.25, -0.2) is 0 Å². The lowest BCUT2D eigenvalue weighted by Gasteiger charge is -2.02. The van der Waals surface area contributed by atoms with Crippen LogP contribution in [0.2, 0.25) is 0 Å². The van der Waals surface area contributed by atoms with Gasteiger partial charge in [0, 0.05) is 0 Å². The molecular formula is C25H24O. The van der Waals surface area contributed by atoms with Gasteiger partial charge in [-0.3, -0.25) is 0 Å². The summed E-state index contributed by atoms with van der Waals surface area (Å²) in [5, 5.41) is 9.08. The molecule has 3 aromatic carbocycles. The third-order valence-electron chi connectivity index (χ3n) is 4.46. The highest BCUT2D eigenvalue weighted by Crippen LogP contribution is 2.16. The highest BCUT2D eigenvalue weighted by molar-refractivity contribution is 5.73. The number of aryl methyl sites for hydroxylation is 2. The summed E-state index contributed by atoms with van der Waals surface area (Å²) in [6.45, 7) is 4.34. The molecule has 0 aliphatic rings. The monoisotopic (exact) mass is 340 g/mol. The minimum absolute atomic E-state index is 0.0844. The zero-order valence-electron chi connectivity index (χ0n) is 15.3. The van der Waals surface area contributed by atoms with Gasteiger partial charge in [0.25, 0.3) is 0 Å². The van der Waals surface area contributed by atoms with Crippen LogP contribution >= 0.6 is 0 Å². The van der Waals surface area contributed by atoms with Crippen molar-refractivity contribution in [2.24, 2.45) is 0 Å². The maximum atomic E-state index is 9.08. The second-order valence-corrected chi connectivity index (χ2v) is 6.59. The molecule has 0 unspecified atom stereocenters. The number of hydrogen-bond acceptors (Lipinski definition) is 1. The van der Waals surface area contributed by atoms with Gasteiger partial charge in [-0.15, -0.1) is 0 Å². The molecule has 0 aliphatic heterocycles. The van der Waals surface area contributed by atoms with Crippen LogP contribution in [0, 0.1) is 13.8 Å². The first kappa shape index (κ1) is 17.9. The number of aliphatic hydroxyl groups is 1. The van der Waals surface area contributed by atoms with E-state index in [1.54, 1.807) is 0 Å². The fraction of sp³-hybridized carbons (Fsp3) is 0.120. The standard InChI is InChI=1S/C25H24O/c1-19-3-4-20(2)25(17-19)16-15-23-9-7-21(8-10-23)5-6-22-11-13-24(18-26)14-12-22/h3-17,26H,18H2,1-2H3/b6-5+,16-15+. The van der Waals surface area contributed by atoms with Crippen LogP contribution in [0.3, 0.4) is 0 Å². The third-order valence-corrected chi connectivity index (χ3v) is 4.46. The van der Waals surface area contributed by atoms with E-state index in [9.17, 15) is 0 Å². The van der Waals surface area contributed by atoms with Crippen molar-refractivity contribution in [2.45, 2.75) is 20.5 Å². The van der Waals surface area contributed by atoms with Crippen LogP contribution in [0.25, 0.3) is 24.3 Å². The number of rotatable bonds is 5. The minimum Gasteiger partial charge on any atom is -0.392 e. The Morgan fingerprint density at radius 1 is 0.654 bits per heavy atom. The van der Waals surface area contributed by atoms with E-state index in [1.807, 2.05) is 24.3 Å². The van der Waals surface area contributed by atoms with Crippen LogP contribution < -0.4 is 0 Å². The summed E-state index contributed by atoms with van der Waals surface area (Å²) >= 11 is 0. The van der Waals surface area contributed by atoms with Crippen LogP contribution in [0.4, 0.5) is 0 Å². The first-order valence-electron chi connectivity index (χ1n) is 8.87. The summed E-state index contributed by atoms with van der Waals surface area (Å²) in [4.78, 5) is 0. The Balaban J connectivity index is 1.68. The first-order valence-corrected chi connectivity index (χ1v) is 8.87. The fourth-order valence-corrected chi connectivity index (χ4v) is 2.77. The quantitative estimate of drug-likeness (QED) is 0.553. The van der Waals surface area contributed by atoms with Gasteiger partial charge in [-0.2, -0.15) is 0 Å². The van der Waals surface area contributed by atoms with Crippen molar-refractivity contribution in [3.8, 4) is 0 Å². The van der Waals surface area contributed by atoms with Crippen molar-refractivity contribution >= 4 is 24.3 Å². The normalized spacial score (nSPS) is 11.5. The molecule has 0 aliphatic carbocycles. The van der Waals surface area contributed by atoms with Gasteiger partial charge in [-0.1, -0.05) is 96.6 Å². The van der Waals surface area contributed by atoms with Crippen molar-refractivity contribution < 1.29 is 5.11 Å². The van der Waals surface area contributed by atoms with Crippen molar-refractivity contribution in [3.05, 3.63) is 106 Å². The topological polar surface area (TPSA) is 20.2 Å². The molecule has 3 rings (SSSR count). The Hall–Kier alpha value is -2.90.